The van der Waals surface area contributed by atoms with E-state index in [0.29, 0.717) is 31.0 Å². The minimum absolute atomic E-state index is 0. The van der Waals surface area contributed by atoms with E-state index in [-0.39, 0.29) is 31.1 Å². The maximum absolute atomic E-state index is 12.8. The van der Waals surface area contributed by atoms with Crippen LogP contribution < -0.4 is 21.1 Å². The van der Waals surface area contributed by atoms with Gasteiger partial charge in [-0.1, -0.05) is 0 Å². The number of nitrogens with zero attached hydrogens (tertiary/aromatic N) is 4. The van der Waals surface area contributed by atoms with Gasteiger partial charge >= 0.3 is 5.69 Å². The Morgan fingerprint density at radius 1 is 1.39 bits per heavy atom. The summed E-state index contributed by atoms with van der Waals surface area (Å²) in [6, 6.07) is 3.69. The lowest BCUT2D eigenvalue weighted by Gasteiger charge is -2.30. The third-order valence-corrected chi connectivity index (χ3v) is 5.00. The normalized spacial score (nSPS) is 14.7. The minimum Gasteiger partial charge on any atom is -0.494 e. The van der Waals surface area contributed by atoms with Crippen LogP contribution >= 0.6 is 28.3 Å². The van der Waals surface area contributed by atoms with Crippen molar-refractivity contribution in [1.29, 1.82) is 0 Å². The van der Waals surface area contributed by atoms with Crippen LogP contribution in [0.2, 0.25) is 0 Å². The first-order chi connectivity index (χ1) is 13.1. The lowest BCUT2D eigenvalue weighted by atomic mass is 10.2. The van der Waals surface area contributed by atoms with Crippen molar-refractivity contribution in [3.63, 3.8) is 0 Å². The topological polar surface area (TPSA) is 87.5 Å². The molecule has 2 N–H and O–H groups in total. The van der Waals surface area contributed by atoms with Gasteiger partial charge in [0.25, 0.3) is 0 Å². The fourth-order valence-corrected chi connectivity index (χ4v) is 3.46. The second-order valence-electron chi connectivity index (χ2n) is 5.99. The van der Waals surface area contributed by atoms with Gasteiger partial charge in [-0.05, 0) is 27.6 Å². The number of hydrogen-bond acceptors (Lipinski definition) is 6. The Bertz CT molecular complexity index is 895. The van der Waals surface area contributed by atoms with Crippen LogP contribution in [0.25, 0.3) is 5.69 Å². The average Bonchev–Trinajstić information content (AvgIpc) is 3.06. The van der Waals surface area contributed by atoms with Crippen LogP contribution in [0.15, 0.2) is 39.6 Å². The first-order valence-electron chi connectivity index (χ1n) is 8.42. The third kappa shape index (κ3) is 4.57. The number of hydrogen-bond donors (Lipinski definition) is 1. The summed E-state index contributed by atoms with van der Waals surface area (Å²) < 4.78 is 27.0. The van der Waals surface area contributed by atoms with E-state index in [2.05, 4.69) is 25.9 Å². The zero-order chi connectivity index (χ0) is 19.4. The van der Waals surface area contributed by atoms with Crippen molar-refractivity contribution in [2.24, 2.45) is 5.73 Å². The van der Waals surface area contributed by atoms with E-state index in [1.54, 1.807) is 7.11 Å². The molecule has 0 aliphatic carbocycles. The van der Waals surface area contributed by atoms with E-state index >= 15 is 0 Å². The van der Waals surface area contributed by atoms with Gasteiger partial charge < -0.3 is 20.1 Å². The van der Waals surface area contributed by atoms with Gasteiger partial charge in [0, 0.05) is 30.2 Å². The lowest BCUT2D eigenvalue weighted by molar-refractivity contribution is 0.122. The maximum atomic E-state index is 12.8. The third-order valence-electron chi connectivity index (χ3n) is 4.36. The molecule has 1 fully saturated rings. The highest BCUT2D eigenvalue weighted by molar-refractivity contribution is 9.10. The number of aromatic nitrogens is 3. The number of nitrogens with two attached hydrogens (primary N) is 1. The van der Waals surface area contributed by atoms with Gasteiger partial charge in [-0.25, -0.2) is 18.4 Å². The first-order valence-corrected chi connectivity index (χ1v) is 9.21. The van der Waals surface area contributed by atoms with Crippen LogP contribution in [0.5, 0.6) is 5.75 Å². The molecule has 1 aliphatic heterocycles. The van der Waals surface area contributed by atoms with Gasteiger partial charge in [-0.2, -0.15) is 5.10 Å². The van der Waals surface area contributed by atoms with Crippen LogP contribution in [0.4, 0.5) is 10.1 Å². The smallest absolute Gasteiger partial charge is 0.350 e. The molecular weight excluding hydrogens is 457 g/mol. The van der Waals surface area contributed by atoms with Gasteiger partial charge in [-0.15, -0.1) is 12.4 Å². The standard InChI is InChI=1S/C17H21BrFN5O3.ClH/c1-26-16-7-14(22-2-4-27-5-3-22)13(18)6-15(16)23-11-21-24(17(23)25)10-12(8-19)9-20;/h6-8,11H,2-5,9-10,20H2,1H3;1H/b12-8+;. The number of ether oxygens (including phenoxy) is 2. The van der Waals surface area contributed by atoms with E-state index in [9.17, 15) is 9.18 Å². The van der Waals surface area contributed by atoms with Gasteiger partial charge in [0.1, 0.15) is 12.1 Å². The summed E-state index contributed by atoms with van der Waals surface area (Å²) in [6.45, 7) is 2.88. The molecule has 0 unspecified atom stereocenters. The number of methoxy groups -OCH3 is 1. The molecule has 0 saturated carbocycles. The highest BCUT2D eigenvalue weighted by atomic mass is 79.9. The molecule has 0 spiro atoms. The second-order valence-corrected chi connectivity index (χ2v) is 6.84. The predicted molar refractivity (Wildman–Crippen MR) is 111 cm³/mol. The quantitative estimate of drug-likeness (QED) is 0.682. The zero-order valence-electron chi connectivity index (χ0n) is 15.3. The fraction of sp³-hybridized carbons (Fsp3) is 0.412. The number of anilines is 1. The average molecular weight is 479 g/mol. The molecule has 0 amide bonds. The summed E-state index contributed by atoms with van der Waals surface area (Å²) >= 11 is 3.58. The largest absolute Gasteiger partial charge is 0.494 e. The molecule has 0 atom stereocenters. The Morgan fingerprint density at radius 3 is 2.71 bits per heavy atom. The van der Waals surface area contributed by atoms with Crippen LogP contribution in [0, 0.1) is 0 Å². The van der Waals surface area contributed by atoms with Gasteiger partial charge in [-0.3, -0.25) is 0 Å². The van der Waals surface area contributed by atoms with Crippen LogP contribution in [-0.2, 0) is 11.3 Å². The lowest BCUT2D eigenvalue weighted by Crippen LogP contribution is -2.36. The number of benzene rings is 1. The van der Waals surface area contributed by atoms with Gasteiger partial charge in [0.15, 0.2) is 0 Å². The van der Waals surface area contributed by atoms with Crippen molar-refractivity contribution < 1.29 is 13.9 Å². The van der Waals surface area contributed by atoms with E-state index in [1.807, 2.05) is 12.1 Å². The van der Waals surface area contributed by atoms with Crippen molar-refractivity contribution in [1.82, 2.24) is 14.3 Å². The summed E-state index contributed by atoms with van der Waals surface area (Å²) in [6.07, 6.45) is 1.78. The Kier molecular flexibility index (Phi) is 8.05. The van der Waals surface area contributed by atoms with Gasteiger partial charge in [0.2, 0.25) is 0 Å². The molecule has 0 bridgehead atoms. The Morgan fingerprint density at radius 2 is 2.11 bits per heavy atom. The van der Waals surface area contributed by atoms with E-state index in [4.69, 9.17) is 15.2 Å². The summed E-state index contributed by atoms with van der Waals surface area (Å²) in [5.41, 5.74) is 6.82. The molecule has 1 aromatic carbocycles. The number of rotatable bonds is 6. The molecule has 28 heavy (non-hydrogen) atoms. The van der Waals surface area contributed by atoms with Crippen molar-refractivity contribution >= 4 is 34.0 Å². The zero-order valence-corrected chi connectivity index (χ0v) is 17.7. The highest BCUT2D eigenvalue weighted by Crippen LogP contribution is 2.35. The van der Waals surface area contributed by atoms with Crippen molar-refractivity contribution in [3.8, 4) is 11.4 Å². The fourth-order valence-electron chi connectivity index (χ4n) is 2.88. The summed E-state index contributed by atoms with van der Waals surface area (Å²) in [7, 11) is 1.55. The molecule has 0 radical (unpaired) electrons. The van der Waals surface area contributed by atoms with E-state index in [0.717, 1.165) is 27.9 Å². The molecule has 1 saturated heterocycles. The highest BCUT2D eigenvalue weighted by Gasteiger charge is 2.19. The summed E-state index contributed by atoms with van der Waals surface area (Å²) in [5.74, 6) is 0.529. The van der Waals surface area contributed by atoms with E-state index in [1.165, 1.54) is 10.9 Å². The van der Waals surface area contributed by atoms with Gasteiger partial charge in [0.05, 0.1) is 44.6 Å². The Labute approximate surface area is 176 Å². The molecule has 2 aromatic rings. The van der Waals surface area contributed by atoms with E-state index < -0.39 is 5.69 Å². The number of morpholine rings is 1. The molecule has 8 nitrogen and oxygen atoms in total. The Balaban J connectivity index is 0.00000280. The SMILES string of the molecule is COc1cc(N2CCOCC2)c(Br)cc1-n1cnn(C/C(=C/F)CN)c1=O.Cl. The Hall–Kier alpha value is -1.88. The summed E-state index contributed by atoms with van der Waals surface area (Å²) in [4.78, 5) is 14.9. The van der Waals surface area contributed by atoms with Crippen LogP contribution in [0.3, 0.4) is 0 Å². The van der Waals surface area contributed by atoms with Crippen LogP contribution in [-0.4, -0.2) is 54.3 Å². The monoisotopic (exact) mass is 477 g/mol. The minimum atomic E-state index is -0.410. The molecule has 3 rings (SSSR count). The van der Waals surface area contributed by atoms with Crippen LogP contribution in [0.1, 0.15) is 0 Å². The molecule has 11 heteroatoms. The molecule has 1 aliphatic rings. The first kappa shape index (κ1) is 22.4. The van der Waals surface area contributed by atoms with Crippen molar-refractivity contribution in [2.75, 3.05) is 44.9 Å². The second kappa shape index (κ2) is 10.1. The van der Waals surface area contributed by atoms with Crippen molar-refractivity contribution in [3.05, 3.63) is 45.3 Å². The molecule has 154 valence electrons. The molecule has 1 aromatic heterocycles. The molecular formula is C17H22BrClFN5O3. The maximum Gasteiger partial charge on any atom is 0.350 e. The summed E-state index contributed by atoms with van der Waals surface area (Å²) in [5, 5.41) is 4.05. The predicted octanol–water partition coefficient (Wildman–Crippen LogP) is 1.88. The van der Waals surface area contributed by atoms with Crippen molar-refractivity contribution in [2.45, 2.75) is 6.54 Å². The number of halogens is 3. The molecule has 2 heterocycles.